The number of nitrogens with two attached hydrogens (primary N) is 1. The van der Waals surface area contributed by atoms with Crippen LogP contribution < -0.4 is 11.1 Å². The average molecular weight is 336 g/mol. The zero-order chi connectivity index (χ0) is 17.6. The van der Waals surface area contributed by atoms with Gasteiger partial charge in [-0.3, -0.25) is 4.79 Å². The highest BCUT2D eigenvalue weighted by Crippen LogP contribution is 2.15. The van der Waals surface area contributed by atoms with E-state index in [0.29, 0.717) is 13.0 Å². The molecule has 0 fully saturated rings. The van der Waals surface area contributed by atoms with Crippen molar-refractivity contribution in [2.75, 3.05) is 6.54 Å². The Kier molecular flexibility index (Phi) is 5.46. The van der Waals surface area contributed by atoms with Gasteiger partial charge < -0.3 is 15.6 Å². The lowest BCUT2D eigenvalue weighted by Crippen LogP contribution is -2.28. The molecular weight excluding hydrogens is 312 g/mol. The van der Waals surface area contributed by atoms with Gasteiger partial charge in [0.1, 0.15) is 5.82 Å². The van der Waals surface area contributed by atoms with E-state index in [1.807, 2.05) is 55.6 Å². The van der Waals surface area contributed by atoms with Crippen molar-refractivity contribution in [1.29, 1.82) is 0 Å². The number of amides is 1. The van der Waals surface area contributed by atoms with Crippen LogP contribution in [0.4, 0.5) is 0 Å². The van der Waals surface area contributed by atoms with Crippen LogP contribution in [-0.2, 0) is 18.3 Å². The Balaban J connectivity index is 1.45. The number of carbonyl (C=O) groups excluding carboxylic acids is 1. The summed E-state index contributed by atoms with van der Waals surface area (Å²) < 4.78 is 2.11. The van der Waals surface area contributed by atoms with Crippen molar-refractivity contribution in [2.45, 2.75) is 25.3 Å². The lowest BCUT2D eigenvalue weighted by atomic mass is 10.0. The molecular formula is C20H24N4O. The molecule has 0 radical (unpaired) electrons. The molecule has 0 spiro atoms. The molecule has 25 heavy (non-hydrogen) atoms. The molecule has 3 N–H and O–H groups in total. The minimum atomic E-state index is -0.263. The van der Waals surface area contributed by atoms with Crippen molar-refractivity contribution in [3.8, 4) is 0 Å². The SMILES string of the molecule is Cn1c(CCCNC(=O)CC(N)c2ccccc2)nc2ccccc21. The van der Waals surface area contributed by atoms with Crippen LogP contribution in [0.15, 0.2) is 54.6 Å². The van der Waals surface area contributed by atoms with Gasteiger partial charge in [-0.25, -0.2) is 4.98 Å². The molecule has 1 heterocycles. The van der Waals surface area contributed by atoms with Crippen LogP contribution in [-0.4, -0.2) is 22.0 Å². The minimum absolute atomic E-state index is 0.0126. The molecule has 5 heteroatoms. The summed E-state index contributed by atoms with van der Waals surface area (Å²) in [6.45, 7) is 0.629. The Bertz CT molecular complexity index is 841. The maximum Gasteiger partial charge on any atom is 0.221 e. The summed E-state index contributed by atoms with van der Waals surface area (Å²) >= 11 is 0. The zero-order valence-corrected chi connectivity index (χ0v) is 14.5. The molecule has 0 saturated carbocycles. The van der Waals surface area contributed by atoms with Crippen molar-refractivity contribution < 1.29 is 4.79 Å². The summed E-state index contributed by atoms with van der Waals surface area (Å²) in [5, 5.41) is 2.95. The maximum absolute atomic E-state index is 12.0. The lowest BCUT2D eigenvalue weighted by molar-refractivity contribution is -0.121. The number of nitrogens with one attached hydrogen (secondary N) is 1. The third-order valence-electron chi connectivity index (χ3n) is 4.41. The number of carbonyl (C=O) groups is 1. The molecule has 3 aromatic rings. The smallest absolute Gasteiger partial charge is 0.221 e. The summed E-state index contributed by atoms with van der Waals surface area (Å²) in [5.74, 6) is 1.03. The van der Waals surface area contributed by atoms with E-state index in [-0.39, 0.29) is 11.9 Å². The van der Waals surface area contributed by atoms with Crippen LogP contribution in [0.2, 0.25) is 0 Å². The highest BCUT2D eigenvalue weighted by molar-refractivity contribution is 5.77. The number of rotatable bonds is 7. The Hall–Kier alpha value is -2.66. The normalized spacial score (nSPS) is 12.2. The summed E-state index contributed by atoms with van der Waals surface area (Å²) in [5.41, 5.74) is 9.21. The fraction of sp³-hybridized carbons (Fsp3) is 0.300. The van der Waals surface area contributed by atoms with Gasteiger partial charge in [-0.1, -0.05) is 42.5 Å². The Morgan fingerprint density at radius 1 is 1.16 bits per heavy atom. The third-order valence-corrected chi connectivity index (χ3v) is 4.41. The molecule has 1 amide bonds. The van der Waals surface area contributed by atoms with Gasteiger partial charge in [0.2, 0.25) is 5.91 Å². The number of hydrogen-bond acceptors (Lipinski definition) is 3. The molecule has 0 aliphatic rings. The predicted octanol–water partition coefficient (Wildman–Crippen LogP) is 2.71. The minimum Gasteiger partial charge on any atom is -0.356 e. The summed E-state index contributed by atoms with van der Waals surface area (Å²) in [6, 6.07) is 17.5. The largest absolute Gasteiger partial charge is 0.356 e. The monoisotopic (exact) mass is 336 g/mol. The topological polar surface area (TPSA) is 72.9 Å². The second-order valence-corrected chi connectivity index (χ2v) is 6.25. The van der Waals surface area contributed by atoms with E-state index >= 15 is 0 Å². The van der Waals surface area contributed by atoms with E-state index < -0.39 is 0 Å². The Morgan fingerprint density at radius 3 is 2.64 bits per heavy atom. The first-order valence-corrected chi connectivity index (χ1v) is 8.62. The number of aryl methyl sites for hydroxylation is 2. The van der Waals surface area contributed by atoms with Crippen LogP contribution in [0, 0.1) is 0 Å². The number of aromatic nitrogens is 2. The summed E-state index contributed by atoms with van der Waals surface area (Å²) in [7, 11) is 2.03. The molecule has 130 valence electrons. The lowest BCUT2D eigenvalue weighted by Gasteiger charge is -2.12. The number of nitrogens with zero attached hydrogens (tertiary/aromatic N) is 2. The van der Waals surface area contributed by atoms with E-state index in [1.54, 1.807) is 0 Å². The molecule has 0 saturated heterocycles. The first kappa shape index (κ1) is 17.2. The van der Waals surface area contributed by atoms with Gasteiger partial charge in [0, 0.05) is 32.5 Å². The van der Waals surface area contributed by atoms with E-state index in [1.165, 1.54) is 0 Å². The van der Waals surface area contributed by atoms with Crippen LogP contribution in [0.25, 0.3) is 11.0 Å². The van der Waals surface area contributed by atoms with E-state index in [0.717, 1.165) is 35.3 Å². The highest BCUT2D eigenvalue weighted by Gasteiger charge is 2.11. The number of para-hydroxylation sites is 2. The number of hydrogen-bond donors (Lipinski definition) is 2. The molecule has 3 rings (SSSR count). The molecule has 2 aromatic carbocycles. The van der Waals surface area contributed by atoms with Gasteiger partial charge >= 0.3 is 0 Å². The van der Waals surface area contributed by atoms with Crippen LogP contribution in [0.5, 0.6) is 0 Å². The fourth-order valence-electron chi connectivity index (χ4n) is 2.98. The number of benzene rings is 2. The number of imidazole rings is 1. The Morgan fingerprint density at radius 2 is 1.88 bits per heavy atom. The number of fused-ring (bicyclic) bond motifs is 1. The van der Waals surface area contributed by atoms with Gasteiger partial charge in [0.05, 0.1) is 11.0 Å². The maximum atomic E-state index is 12.0. The van der Waals surface area contributed by atoms with E-state index in [9.17, 15) is 4.79 Å². The second kappa shape index (κ2) is 7.94. The quantitative estimate of drug-likeness (QED) is 0.652. The van der Waals surface area contributed by atoms with Crippen molar-refractivity contribution in [3.63, 3.8) is 0 Å². The average Bonchev–Trinajstić information content (AvgIpc) is 2.96. The van der Waals surface area contributed by atoms with Gasteiger partial charge in [-0.05, 0) is 24.1 Å². The molecule has 1 unspecified atom stereocenters. The van der Waals surface area contributed by atoms with E-state index in [2.05, 4.69) is 20.9 Å². The van der Waals surface area contributed by atoms with Crippen molar-refractivity contribution in [1.82, 2.24) is 14.9 Å². The van der Waals surface area contributed by atoms with Crippen molar-refractivity contribution in [3.05, 3.63) is 66.0 Å². The predicted molar refractivity (Wildman–Crippen MR) is 100 cm³/mol. The van der Waals surface area contributed by atoms with Gasteiger partial charge in [-0.15, -0.1) is 0 Å². The molecule has 0 aliphatic heterocycles. The van der Waals surface area contributed by atoms with Gasteiger partial charge in [0.15, 0.2) is 0 Å². The van der Waals surface area contributed by atoms with Crippen LogP contribution in [0.3, 0.4) is 0 Å². The standard InChI is InChI=1S/C20H24N4O/c1-24-18-11-6-5-10-17(18)23-19(24)12-7-13-22-20(25)14-16(21)15-8-3-2-4-9-15/h2-6,8-11,16H,7,12-14,21H2,1H3,(H,22,25). The molecule has 0 aliphatic carbocycles. The summed E-state index contributed by atoms with van der Waals surface area (Å²) in [6.07, 6.45) is 1.98. The highest BCUT2D eigenvalue weighted by atomic mass is 16.1. The third kappa shape index (κ3) is 4.25. The molecule has 5 nitrogen and oxygen atoms in total. The first-order valence-electron chi connectivity index (χ1n) is 8.62. The van der Waals surface area contributed by atoms with Crippen LogP contribution in [0.1, 0.15) is 30.3 Å². The molecule has 0 bridgehead atoms. The van der Waals surface area contributed by atoms with Gasteiger partial charge in [-0.2, -0.15) is 0 Å². The molecule has 1 aromatic heterocycles. The molecule has 1 atom stereocenters. The summed E-state index contributed by atoms with van der Waals surface area (Å²) in [4.78, 5) is 16.7. The van der Waals surface area contributed by atoms with E-state index in [4.69, 9.17) is 5.73 Å². The zero-order valence-electron chi connectivity index (χ0n) is 14.5. The van der Waals surface area contributed by atoms with Crippen LogP contribution >= 0.6 is 0 Å². The second-order valence-electron chi connectivity index (χ2n) is 6.25. The Labute approximate surface area is 147 Å². The first-order chi connectivity index (χ1) is 12.1. The van der Waals surface area contributed by atoms with Crippen molar-refractivity contribution >= 4 is 16.9 Å². The van der Waals surface area contributed by atoms with Gasteiger partial charge in [0.25, 0.3) is 0 Å². The van der Waals surface area contributed by atoms with Crippen molar-refractivity contribution in [2.24, 2.45) is 12.8 Å². The fourth-order valence-corrected chi connectivity index (χ4v) is 2.98.